The molecule has 0 bridgehead atoms. The van der Waals surface area contributed by atoms with Crippen LogP contribution in [0.5, 0.6) is 5.75 Å². The van der Waals surface area contributed by atoms with E-state index in [1.165, 1.54) is 0 Å². The van der Waals surface area contributed by atoms with Crippen molar-refractivity contribution in [3.8, 4) is 5.75 Å². The van der Waals surface area contributed by atoms with Gasteiger partial charge in [0.1, 0.15) is 5.75 Å². The van der Waals surface area contributed by atoms with Crippen molar-refractivity contribution < 1.29 is 14.6 Å². The molecule has 3 nitrogen and oxygen atoms in total. The highest BCUT2D eigenvalue weighted by molar-refractivity contribution is 6.15. The van der Waals surface area contributed by atoms with Crippen LogP contribution in [0.25, 0.3) is 5.57 Å². The lowest BCUT2D eigenvalue weighted by atomic mass is 10.0. The van der Waals surface area contributed by atoms with Crippen LogP contribution in [0.4, 0.5) is 0 Å². The summed E-state index contributed by atoms with van der Waals surface area (Å²) in [4.78, 5) is 10.7. The van der Waals surface area contributed by atoms with E-state index in [1.54, 1.807) is 25.3 Å². The van der Waals surface area contributed by atoms with Gasteiger partial charge in [0.2, 0.25) is 0 Å². The third-order valence-electron chi connectivity index (χ3n) is 2.09. The van der Waals surface area contributed by atoms with Gasteiger partial charge in [-0.1, -0.05) is 18.7 Å². The number of ether oxygens (including phenoxy) is 1. The smallest absolute Gasteiger partial charge is 0.335 e. The number of methoxy groups -OCH3 is 1. The van der Waals surface area contributed by atoms with Gasteiger partial charge >= 0.3 is 5.97 Å². The molecule has 0 spiro atoms. The summed E-state index contributed by atoms with van der Waals surface area (Å²) in [7, 11) is 1.55. The number of rotatable bonds is 3. The van der Waals surface area contributed by atoms with E-state index in [2.05, 4.69) is 6.58 Å². The summed E-state index contributed by atoms with van der Waals surface area (Å²) in [5.41, 5.74) is 1.49. The third-order valence-corrected chi connectivity index (χ3v) is 2.09. The van der Waals surface area contributed by atoms with E-state index in [1.807, 2.05) is 6.92 Å². The van der Waals surface area contributed by atoms with E-state index in [9.17, 15) is 4.79 Å². The number of hydrogen-bond donors (Lipinski definition) is 1. The van der Waals surface area contributed by atoms with Crippen LogP contribution in [0, 0.1) is 6.92 Å². The van der Waals surface area contributed by atoms with Crippen molar-refractivity contribution in [3.05, 3.63) is 35.9 Å². The van der Waals surface area contributed by atoms with E-state index in [0.29, 0.717) is 11.3 Å². The van der Waals surface area contributed by atoms with Crippen molar-refractivity contribution in [2.75, 3.05) is 7.11 Å². The number of hydrogen-bond acceptors (Lipinski definition) is 2. The van der Waals surface area contributed by atoms with Gasteiger partial charge in [0.25, 0.3) is 0 Å². The second kappa shape index (κ2) is 3.96. The van der Waals surface area contributed by atoms with Gasteiger partial charge in [0, 0.05) is 0 Å². The summed E-state index contributed by atoms with van der Waals surface area (Å²) in [5.74, 6) is -0.341. The Morgan fingerprint density at radius 1 is 1.50 bits per heavy atom. The zero-order chi connectivity index (χ0) is 10.7. The van der Waals surface area contributed by atoms with E-state index in [0.717, 1.165) is 5.56 Å². The van der Waals surface area contributed by atoms with Gasteiger partial charge in [-0.25, -0.2) is 4.79 Å². The molecule has 0 atom stereocenters. The maximum Gasteiger partial charge on any atom is 0.335 e. The predicted octanol–water partition coefficient (Wildman–Crippen LogP) is 2.10. The highest BCUT2D eigenvalue weighted by Gasteiger charge is 2.11. The molecule has 1 aromatic carbocycles. The van der Waals surface area contributed by atoms with Crippen LogP contribution in [0.2, 0.25) is 0 Å². The average Bonchev–Trinajstić information content (AvgIpc) is 2.17. The fraction of sp³-hybridized carbons (Fsp3) is 0.182. The van der Waals surface area contributed by atoms with Crippen molar-refractivity contribution >= 4 is 11.5 Å². The summed E-state index contributed by atoms with van der Waals surface area (Å²) in [6, 6.07) is 5.25. The molecule has 3 heteroatoms. The summed E-state index contributed by atoms with van der Waals surface area (Å²) < 4.78 is 5.08. The van der Waals surface area contributed by atoms with Crippen LogP contribution in [0.15, 0.2) is 24.8 Å². The van der Waals surface area contributed by atoms with E-state index < -0.39 is 5.97 Å². The Kier molecular flexibility index (Phi) is 2.92. The van der Waals surface area contributed by atoms with Gasteiger partial charge in [-0.05, 0) is 24.1 Å². The molecule has 0 aromatic heterocycles. The molecular formula is C11H12O3. The highest BCUT2D eigenvalue weighted by Crippen LogP contribution is 2.25. The zero-order valence-electron chi connectivity index (χ0n) is 8.20. The molecular weight excluding hydrogens is 180 g/mol. The lowest BCUT2D eigenvalue weighted by molar-refractivity contribution is -0.130. The topological polar surface area (TPSA) is 46.5 Å². The second-order valence-corrected chi connectivity index (χ2v) is 2.92. The molecule has 0 aliphatic heterocycles. The summed E-state index contributed by atoms with van der Waals surface area (Å²) in [6.07, 6.45) is 0. The Hall–Kier alpha value is -1.77. The van der Waals surface area contributed by atoms with Gasteiger partial charge in [0.05, 0.1) is 12.7 Å². The number of benzene rings is 1. The lowest BCUT2D eigenvalue weighted by Crippen LogP contribution is -2.01. The highest BCUT2D eigenvalue weighted by atomic mass is 16.5. The minimum atomic E-state index is -1.01. The van der Waals surface area contributed by atoms with Crippen molar-refractivity contribution in [1.29, 1.82) is 0 Å². The monoisotopic (exact) mass is 192 g/mol. The number of carboxylic acids is 1. The van der Waals surface area contributed by atoms with Gasteiger partial charge in [-0.15, -0.1) is 0 Å². The number of carbonyl (C=O) groups is 1. The first kappa shape index (κ1) is 10.3. The summed E-state index contributed by atoms with van der Waals surface area (Å²) >= 11 is 0. The zero-order valence-corrected chi connectivity index (χ0v) is 8.20. The molecule has 0 unspecified atom stereocenters. The fourth-order valence-electron chi connectivity index (χ4n) is 1.28. The van der Waals surface area contributed by atoms with Crippen LogP contribution in [-0.4, -0.2) is 18.2 Å². The van der Waals surface area contributed by atoms with Gasteiger partial charge in [-0.2, -0.15) is 0 Å². The van der Waals surface area contributed by atoms with Gasteiger partial charge < -0.3 is 9.84 Å². The van der Waals surface area contributed by atoms with Gasteiger partial charge in [-0.3, -0.25) is 0 Å². The van der Waals surface area contributed by atoms with Crippen LogP contribution >= 0.6 is 0 Å². The molecule has 0 aliphatic rings. The summed E-state index contributed by atoms with van der Waals surface area (Å²) in [5, 5.41) is 8.78. The molecule has 0 amide bonds. The van der Waals surface area contributed by atoms with Crippen LogP contribution in [0.3, 0.4) is 0 Å². The van der Waals surface area contributed by atoms with Crippen LogP contribution < -0.4 is 4.74 Å². The second-order valence-electron chi connectivity index (χ2n) is 2.92. The molecule has 74 valence electrons. The fourth-order valence-corrected chi connectivity index (χ4v) is 1.28. The number of aliphatic carboxylic acids is 1. The van der Waals surface area contributed by atoms with Crippen molar-refractivity contribution in [1.82, 2.24) is 0 Å². The third kappa shape index (κ3) is 1.76. The Labute approximate surface area is 82.6 Å². The molecule has 14 heavy (non-hydrogen) atoms. The van der Waals surface area contributed by atoms with E-state index in [-0.39, 0.29) is 5.57 Å². The minimum absolute atomic E-state index is 0.0846. The SMILES string of the molecule is C=C(C(=O)O)c1cccc(OC)c1C. The normalized spacial score (nSPS) is 9.57. The molecule has 0 heterocycles. The molecule has 1 rings (SSSR count). The lowest BCUT2D eigenvalue weighted by Gasteiger charge is -2.09. The van der Waals surface area contributed by atoms with E-state index >= 15 is 0 Å². The molecule has 0 saturated heterocycles. The first-order chi connectivity index (χ1) is 6.57. The Morgan fingerprint density at radius 3 is 2.64 bits per heavy atom. The largest absolute Gasteiger partial charge is 0.496 e. The maximum absolute atomic E-state index is 10.7. The standard InChI is InChI=1S/C11H12O3/c1-7-9(8(2)11(12)13)5-4-6-10(7)14-3/h4-6H,2H2,1,3H3,(H,12,13). The van der Waals surface area contributed by atoms with Crippen LogP contribution in [-0.2, 0) is 4.79 Å². The molecule has 0 fully saturated rings. The maximum atomic E-state index is 10.7. The van der Waals surface area contributed by atoms with Crippen LogP contribution in [0.1, 0.15) is 11.1 Å². The first-order valence-corrected chi connectivity index (χ1v) is 4.14. The molecule has 0 aliphatic carbocycles. The molecule has 1 N–H and O–H groups in total. The predicted molar refractivity (Wildman–Crippen MR) is 54.4 cm³/mol. The summed E-state index contributed by atoms with van der Waals surface area (Å²) in [6.45, 7) is 5.31. The van der Waals surface area contributed by atoms with Crippen molar-refractivity contribution in [3.63, 3.8) is 0 Å². The Balaban J connectivity index is 3.22. The van der Waals surface area contributed by atoms with Crippen molar-refractivity contribution in [2.45, 2.75) is 6.92 Å². The van der Waals surface area contributed by atoms with E-state index in [4.69, 9.17) is 9.84 Å². The van der Waals surface area contributed by atoms with Crippen molar-refractivity contribution in [2.24, 2.45) is 0 Å². The quantitative estimate of drug-likeness (QED) is 0.746. The average molecular weight is 192 g/mol. The van der Waals surface area contributed by atoms with Gasteiger partial charge in [0.15, 0.2) is 0 Å². The number of carboxylic acid groups (broad SMARTS) is 1. The first-order valence-electron chi connectivity index (χ1n) is 4.14. The Bertz CT molecular complexity index is 380. The molecule has 0 saturated carbocycles. The minimum Gasteiger partial charge on any atom is -0.496 e. The Morgan fingerprint density at radius 2 is 2.14 bits per heavy atom. The molecule has 0 radical (unpaired) electrons. The molecule has 1 aromatic rings.